The summed E-state index contributed by atoms with van der Waals surface area (Å²) in [6.45, 7) is 2.44. The van der Waals surface area contributed by atoms with E-state index in [4.69, 9.17) is 4.74 Å². The fourth-order valence-electron chi connectivity index (χ4n) is 4.28. The third-order valence-electron chi connectivity index (χ3n) is 5.58. The molecule has 0 N–H and O–H groups in total. The molecule has 2 aliphatic rings. The molecule has 2 aliphatic heterocycles. The highest BCUT2D eigenvalue weighted by atomic mass is 19.1. The second-order valence-electron chi connectivity index (χ2n) is 7.20. The number of piperidine rings is 1. The molecule has 2 fully saturated rings. The molecular weight excluding hydrogens is 335 g/mol. The predicted molar refractivity (Wildman–Crippen MR) is 96.1 cm³/mol. The number of benzene rings is 1. The predicted octanol–water partition coefficient (Wildman–Crippen LogP) is 2.39. The van der Waals surface area contributed by atoms with Gasteiger partial charge in [-0.3, -0.25) is 9.59 Å². The van der Waals surface area contributed by atoms with Crippen LogP contribution in [-0.2, 0) is 20.7 Å². The van der Waals surface area contributed by atoms with Crippen LogP contribution < -0.4 is 0 Å². The Labute approximate surface area is 154 Å². The van der Waals surface area contributed by atoms with E-state index in [-0.39, 0.29) is 17.6 Å². The normalized spacial score (nSPS) is 23.1. The van der Waals surface area contributed by atoms with E-state index in [0.29, 0.717) is 32.5 Å². The van der Waals surface area contributed by atoms with Crippen molar-refractivity contribution in [3.05, 3.63) is 35.6 Å². The number of hydrogen-bond donors (Lipinski definition) is 0. The van der Waals surface area contributed by atoms with Crippen LogP contribution in [0.3, 0.4) is 0 Å². The first-order valence-corrected chi connectivity index (χ1v) is 9.40. The van der Waals surface area contributed by atoms with E-state index < -0.39 is 5.54 Å². The summed E-state index contributed by atoms with van der Waals surface area (Å²) in [7, 11) is 1.63. The number of amides is 2. The van der Waals surface area contributed by atoms with Crippen molar-refractivity contribution in [1.29, 1.82) is 0 Å². The Balaban J connectivity index is 1.68. The van der Waals surface area contributed by atoms with E-state index in [1.807, 2.05) is 11.0 Å². The van der Waals surface area contributed by atoms with E-state index in [0.717, 1.165) is 37.8 Å². The molecular formula is C20H27FN2O3. The quantitative estimate of drug-likeness (QED) is 0.781. The fraction of sp³-hybridized carbons (Fsp3) is 0.600. The van der Waals surface area contributed by atoms with E-state index in [2.05, 4.69) is 0 Å². The van der Waals surface area contributed by atoms with Gasteiger partial charge in [-0.05, 0) is 49.8 Å². The third-order valence-corrected chi connectivity index (χ3v) is 5.58. The number of nitrogens with zero attached hydrogens (tertiary/aromatic N) is 2. The zero-order chi connectivity index (χ0) is 18.6. The zero-order valence-electron chi connectivity index (χ0n) is 15.4. The van der Waals surface area contributed by atoms with Crippen LogP contribution in [0.4, 0.5) is 4.39 Å². The molecule has 1 unspecified atom stereocenters. The van der Waals surface area contributed by atoms with Gasteiger partial charge in [0.15, 0.2) is 0 Å². The smallest absolute Gasteiger partial charge is 0.248 e. The van der Waals surface area contributed by atoms with Crippen LogP contribution in [0.2, 0.25) is 0 Å². The highest BCUT2D eigenvalue weighted by molar-refractivity contribution is 5.92. The average Bonchev–Trinajstić information content (AvgIpc) is 3.06. The fourth-order valence-corrected chi connectivity index (χ4v) is 4.28. The Kier molecular flexibility index (Phi) is 5.91. The Bertz CT molecular complexity index is 666. The first kappa shape index (κ1) is 18.8. The van der Waals surface area contributed by atoms with Crippen molar-refractivity contribution < 1.29 is 18.7 Å². The summed E-state index contributed by atoms with van der Waals surface area (Å²) in [6.07, 6.45) is 4.03. The van der Waals surface area contributed by atoms with Crippen molar-refractivity contribution in [3.63, 3.8) is 0 Å². The van der Waals surface area contributed by atoms with Gasteiger partial charge in [0.25, 0.3) is 0 Å². The molecule has 2 amide bonds. The minimum absolute atomic E-state index is 0.00583. The van der Waals surface area contributed by atoms with Crippen LogP contribution in [0.5, 0.6) is 0 Å². The highest BCUT2D eigenvalue weighted by Crippen LogP contribution is 2.38. The number of likely N-dealkylation sites (tertiary alicyclic amines) is 2. The van der Waals surface area contributed by atoms with Gasteiger partial charge < -0.3 is 14.5 Å². The maximum Gasteiger partial charge on any atom is 0.248 e. The largest absolute Gasteiger partial charge is 0.383 e. The molecule has 1 spiro atoms. The monoisotopic (exact) mass is 362 g/mol. The summed E-state index contributed by atoms with van der Waals surface area (Å²) in [5, 5.41) is 0. The standard InChI is InChI=1S/C20H27FN2O3/c1-26-14-13-22-11-3-9-20(19(22)25)10-4-12-23(20)18(24)8-7-16-5-2-6-17(21)15-16/h2,5-6,15H,3-4,7-14H2,1H3. The molecule has 0 bridgehead atoms. The van der Waals surface area contributed by atoms with Crippen LogP contribution in [-0.4, -0.2) is 60.5 Å². The first-order chi connectivity index (χ1) is 12.6. The Morgan fingerprint density at radius 1 is 1.27 bits per heavy atom. The van der Waals surface area contributed by atoms with Crippen LogP contribution in [0.25, 0.3) is 0 Å². The molecule has 5 nitrogen and oxygen atoms in total. The van der Waals surface area contributed by atoms with Crippen LogP contribution in [0.15, 0.2) is 24.3 Å². The third kappa shape index (κ3) is 3.75. The van der Waals surface area contributed by atoms with Crippen molar-refractivity contribution >= 4 is 11.8 Å². The van der Waals surface area contributed by atoms with E-state index in [1.165, 1.54) is 12.1 Å². The number of hydrogen-bond acceptors (Lipinski definition) is 3. The van der Waals surface area contributed by atoms with Crippen LogP contribution >= 0.6 is 0 Å². The number of carbonyl (C=O) groups is 2. The Hall–Kier alpha value is -1.95. The van der Waals surface area contributed by atoms with Gasteiger partial charge in [-0.25, -0.2) is 4.39 Å². The van der Waals surface area contributed by atoms with Gasteiger partial charge in [-0.1, -0.05) is 12.1 Å². The Morgan fingerprint density at radius 2 is 2.04 bits per heavy atom. The SMILES string of the molecule is COCCN1CCCC2(CCCN2C(=O)CCc2cccc(F)c2)C1=O. The van der Waals surface area contributed by atoms with Gasteiger partial charge in [-0.15, -0.1) is 0 Å². The lowest BCUT2D eigenvalue weighted by Gasteiger charge is -2.44. The van der Waals surface area contributed by atoms with Crippen molar-refractivity contribution in [2.75, 3.05) is 33.4 Å². The number of halogens is 1. The van der Waals surface area contributed by atoms with Gasteiger partial charge >= 0.3 is 0 Å². The topological polar surface area (TPSA) is 49.9 Å². The van der Waals surface area contributed by atoms with Crippen molar-refractivity contribution in [2.45, 2.75) is 44.1 Å². The highest BCUT2D eigenvalue weighted by Gasteiger charge is 2.52. The van der Waals surface area contributed by atoms with Crippen molar-refractivity contribution in [3.8, 4) is 0 Å². The molecule has 0 radical (unpaired) electrons. The zero-order valence-corrected chi connectivity index (χ0v) is 15.4. The molecule has 26 heavy (non-hydrogen) atoms. The molecule has 142 valence electrons. The summed E-state index contributed by atoms with van der Waals surface area (Å²) >= 11 is 0. The van der Waals surface area contributed by atoms with Gasteiger partial charge in [0.2, 0.25) is 11.8 Å². The average molecular weight is 362 g/mol. The summed E-state index contributed by atoms with van der Waals surface area (Å²) in [4.78, 5) is 29.6. The number of rotatable bonds is 6. The lowest BCUT2D eigenvalue weighted by Crippen LogP contribution is -2.61. The number of ether oxygens (including phenoxy) is 1. The van der Waals surface area contributed by atoms with Gasteiger partial charge in [-0.2, -0.15) is 0 Å². The lowest BCUT2D eigenvalue weighted by molar-refractivity contribution is -0.155. The summed E-state index contributed by atoms with van der Waals surface area (Å²) in [6, 6.07) is 6.35. The summed E-state index contributed by atoms with van der Waals surface area (Å²) in [5.41, 5.74) is 0.133. The Morgan fingerprint density at radius 3 is 2.77 bits per heavy atom. The van der Waals surface area contributed by atoms with Crippen molar-refractivity contribution in [1.82, 2.24) is 9.80 Å². The maximum atomic E-state index is 13.3. The van der Waals surface area contributed by atoms with Crippen molar-refractivity contribution in [2.24, 2.45) is 0 Å². The number of carbonyl (C=O) groups excluding carboxylic acids is 2. The molecule has 1 aromatic rings. The van der Waals surface area contributed by atoms with Gasteiger partial charge in [0.05, 0.1) is 6.61 Å². The minimum Gasteiger partial charge on any atom is -0.383 e. The second kappa shape index (κ2) is 8.16. The number of aryl methyl sites for hydroxylation is 1. The van der Waals surface area contributed by atoms with Gasteiger partial charge in [0.1, 0.15) is 11.4 Å². The van der Waals surface area contributed by atoms with E-state index in [9.17, 15) is 14.0 Å². The molecule has 2 heterocycles. The summed E-state index contributed by atoms with van der Waals surface area (Å²) in [5.74, 6) is -0.227. The molecule has 1 aromatic carbocycles. The molecule has 1 atom stereocenters. The minimum atomic E-state index is -0.676. The second-order valence-corrected chi connectivity index (χ2v) is 7.20. The van der Waals surface area contributed by atoms with E-state index in [1.54, 1.807) is 18.1 Å². The maximum absolute atomic E-state index is 13.3. The molecule has 0 saturated carbocycles. The van der Waals surface area contributed by atoms with Gasteiger partial charge in [0, 0.05) is 33.2 Å². The summed E-state index contributed by atoms with van der Waals surface area (Å²) < 4.78 is 18.4. The first-order valence-electron chi connectivity index (χ1n) is 9.40. The molecule has 0 aromatic heterocycles. The molecule has 0 aliphatic carbocycles. The van der Waals surface area contributed by atoms with E-state index >= 15 is 0 Å². The van der Waals surface area contributed by atoms with Crippen LogP contribution in [0.1, 0.15) is 37.7 Å². The van der Waals surface area contributed by atoms with Crippen LogP contribution in [0, 0.1) is 5.82 Å². The molecule has 3 rings (SSSR count). The lowest BCUT2D eigenvalue weighted by atomic mass is 9.85. The number of methoxy groups -OCH3 is 1. The molecule has 2 saturated heterocycles. The molecule has 6 heteroatoms.